The van der Waals surface area contributed by atoms with Crippen LogP contribution in [0.4, 0.5) is 0 Å². The van der Waals surface area contributed by atoms with Gasteiger partial charge in [0.15, 0.2) is 11.5 Å². The van der Waals surface area contributed by atoms with Crippen LogP contribution < -0.4 is 14.8 Å². The third-order valence-electron chi connectivity index (χ3n) is 3.87. The number of halogens is 1. The third-order valence-corrected chi connectivity index (χ3v) is 4.36. The second-order valence-electron chi connectivity index (χ2n) is 5.10. The Kier molecular flexibility index (Phi) is 2.93. The van der Waals surface area contributed by atoms with Gasteiger partial charge in [-0.2, -0.15) is 0 Å². The highest BCUT2D eigenvalue weighted by atomic mass is 79.9. The summed E-state index contributed by atoms with van der Waals surface area (Å²) in [6, 6.07) is 12.9. The topological polar surface area (TPSA) is 30.5 Å². The number of hydrogen-bond acceptors (Lipinski definition) is 3. The van der Waals surface area contributed by atoms with Gasteiger partial charge >= 0.3 is 0 Å². The first-order valence-corrected chi connectivity index (χ1v) is 7.52. The van der Waals surface area contributed by atoms with Crippen molar-refractivity contribution in [2.75, 3.05) is 13.3 Å². The van der Waals surface area contributed by atoms with Crippen LogP contribution in [0.1, 0.15) is 22.7 Å². The molecule has 1 atom stereocenters. The first-order valence-electron chi connectivity index (χ1n) is 6.72. The van der Waals surface area contributed by atoms with Gasteiger partial charge in [0.25, 0.3) is 0 Å². The Morgan fingerprint density at radius 3 is 2.80 bits per heavy atom. The molecule has 0 amide bonds. The maximum Gasteiger partial charge on any atom is 0.231 e. The van der Waals surface area contributed by atoms with E-state index in [1.807, 2.05) is 6.07 Å². The summed E-state index contributed by atoms with van der Waals surface area (Å²) in [7, 11) is 0. The minimum absolute atomic E-state index is 0.214. The van der Waals surface area contributed by atoms with Gasteiger partial charge in [0.1, 0.15) is 0 Å². The van der Waals surface area contributed by atoms with Crippen LogP contribution in [0.5, 0.6) is 11.5 Å². The smallest absolute Gasteiger partial charge is 0.231 e. The molecule has 0 bridgehead atoms. The molecule has 0 aromatic heterocycles. The number of ether oxygens (including phenoxy) is 2. The molecule has 2 aliphatic rings. The Hall–Kier alpha value is -1.52. The van der Waals surface area contributed by atoms with Crippen molar-refractivity contribution in [3.63, 3.8) is 0 Å². The molecular formula is C16H14BrNO2. The summed E-state index contributed by atoms with van der Waals surface area (Å²) in [5, 5.41) is 3.59. The lowest BCUT2D eigenvalue weighted by molar-refractivity contribution is 0.174. The van der Waals surface area contributed by atoms with Crippen LogP contribution in [0.15, 0.2) is 40.9 Å². The Labute approximate surface area is 126 Å². The van der Waals surface area contributed by atoms with Gasteiger partial charge in [0.2, 0.25) is 6.79 Å². The molecule has 3 nitrogen and oxygen atoms in total. The molecule has 0 aliphatic carbocycles. The summed E-state index contributed by atoms with van der Waals surface area (Å²) in [5.41, 5.74) is 3.90. The van der Waals surface area contributed by atoms with Crippen molar-refractivity contribution in [3.8, 4) is 11.5 Å². The maximum atomic E-state index is 5.51. The number of benzene rings is 2. The molecule has 102 valence electrons. The number of nitrogens with one attached hydrogen (secondary N) is 1. The predicted octanol–water partition coefficient (Wildman–Crippen LogP) is 3.41. The van der Waals surface area contributed by atoms with Crippen LogP contribution in [-0.4, -0.2) is 13.3 Å². The van der Waals surface area contributed by atoms with E-state index in [4.69, 9.17) is 9.47 Å². The van der Waals surface area contributed by atoms with Gasteiger partial charge in [-0.1, -0.05) is 28.1 Å². The van der Waals surface area contributed by atoms with Crippen LogP contribution in [0.2, 0.25) is 0 Å². The van der Waals surface area contributed by atoms with Crippen molar-refractivity contribution in [1.82, 2.24) is 5.32 Å². The average molecular weight is 332 g/mol. The van der Waals surface area contributed by atoms with E-state index in [1.165, 1.54) is 16.7 Å². The van der Waals surface area contributed by atoms with Gasteiger partial charge in [-0.3, -0.25) is 0 Å². The first-order chi connectivity index (χ1) is 9.81. The summed E-state index contributed by atoms with van der Waals surface area (Å²) in [4.78, 5) is 0. The van der Waals surface area contributed by atoms with Crippen molar-refractivity contribution in [1.29, 1.82) is 0 Å². The SMILES string of the molecule is Brc1cccc(C2NCCc3cc4c(cc32)OCO4)c1. The van der Waals surface area contributed by atoms with Crippen molar-refractivity contribution in [3.05, 3.63) is 57.6 Å². The highest BCUT2D eigenvalue weighted by Gasteiger charge is 2.25. The maximum absolute atomic E-state index is 5.51. The van der Waals surface area contributed by atoms with E-state index in [-0.39, 0.29) is 6.04 Å². The molecule has 2 aromatic carbocycles. The fraction of sp³-hybridized carbons (Fsp3) is 0.250. The molecule has 1 N–H and O–H groups in total. The molecule has 1 unspecified atom stereocenters. The first kappa shape index (κ1) is 12.2. The van der Waals surface area contributed by atoms with E-state index in [0.29, 0.717) is 6.79 Å². The second-order valence-corrected chi connectivity index (χ2v) is 6.01. The standard InChI is InChI=1S/C16H14BrNO2/c17-12-3-1-2-11(6-12)16-13-8-15-14(19-9-20-15)7-10(13)4-5-18-16/h1-3,6-8,16,18H,4-5,9H2. The van der Waals surface area contributed by atoms with Crippen molar-refractivity contribution < 1.29 is 9.47 Å². The quantitative estimate of drug-likeness (QED) is 0.868. The van der Waals surface area contributed by atoms with Gasteiger partial charge in [-0.25, -0.2) is 0 Å². The molecule has 2 aromatic rings. The molecule has 0 fully saturated rings. The lowest BCUT2D eigenvalue weighted by Gasteiger charge is -2.27. The zero-order chi connectivity index (χ0) is 13.5. The Morgan fingerprint density at radius 1 is 1.10 bits per heavy atom. The minimum atomic E-state index is 0.214. The van der Waals surface area contributed by atoms with Gasteiger partial charge in [0.05, 0.1) is 6.04 Å². The summed E-state index contributed by atoms with van der Waals surface area (Å²) < 4.78 is 12.1. The fourth-order valence-corrected chi connectivity index (χ4v) is 3.35. The molecule has 2 aliphatic heterocycles. The van der Waals surface area contributed by atoms with E-state index in [0.717, 1.165) is 28.9 Å². The highest BCUT2D eigenvalue weighted by molar-refractivity contribution is 9.10. The molecule has 0 saturated carbocycles. The van der Waals surface area contributed by atoms with Crippen molar-refractivity contribution in [2.45, 2.75) is 12.5 Å². The van der Waals surface area contributed by atoms with Gasteiger partial charge < -0.3 is 14.8 Å². The zero-order valence-corrected chi connectivity index (χ0v) is 12.4. The zero-order valence-electron chi connectivity index (χ0n) is 10.9. The van der Waals surface area contributed by atoms with Crippen LogP contribution in [0.3, 0.4) is 0 Å². The van der Waals surface area contributed by atoms with Crippen LogP contribution in [0, 0.1) is 0 Å². The molecule has 0 radical (unpaired) electrons. The van der Waals surface area contributed by atoms with Crippen molar-refractivity contribution >= 4 is 15.9 Å². The lowest BCUT2D eigenvalue weighted by atomic mass is 9.89. The Balaban J connectivity index is 1.82. The summed E-state index contributed by atoms with van der Waals surface area (Å²) in [5.74, 6) is 1.73. The van der Waals surface area contributed by atoms with Gasteiger partial charge in [-0.05, 0) is 47.4 Å². The minimum Gasteiger partial charge on any atom is -0.454 e. The molecule has 0 spiro atoms. The summed E-state index contributed by atoms with van der Waals surface area (Å²) in [6.07, 6.45) is 1.02. The van der Waals surface area contributed by atoms with Gasteiger partial charge in [0, 0.05) is 11.0 Å². The molecule has 4 heteroatoms. The molecule has 20 heavy (non-hydrogen) atoms. The van der Waals surface area contributed by atoms with Gasteiger partial charge in [-0.15, -0.1) is 0 Å². The van der Waals surface area contributed by atoms with E-state index >= 15 is 0 Å². The van der Waals surface area contributed by atoms with Crippen LogP contribution in [0.25, 0.3) is 0 Å². The second kappa shape index (κ2) is 4.79. The molecular weight excluding hydrogens is 318 g/mol. The fourth-order valence-electron chi connectivity index (χ4n) is 2.93. The highest BCUT2D eigenvalue weighted by Crippen LogP contribution is 2.40. The Morgan fingerprint density at radius 2 is 1.95 bits per heavy atom. The third kappa shape index (κ3) is 2.00. The predicted molar refractivity (Wildman–Crippen MR) is 80.3 cm³/mol. The van der Waals surface area contributed by atoms with Crippen molar-refractivity contribution in [2.24, 2.45) is 0 Å². The van der Waals surface area contributed by atoms with E-state index < -0.39 is 0 Å². The lowest BCUT2D eigenvalue weighted by Crippen LogP contribution is -2.30. The van der Waals surface area contributed by atoms with Crippen LogP contribution in [-0.2, 0) is 6.42 Å². The Bertz CT molecular complexity index is 672. The van der Waals surface area contributed by atoms with E-state index in [1.54, 1.807) is 0 Å². The summed E-state index contributed by atoms with van der Waals surface area (Å²) in [6.45, 7) is 1.30. The average Bonchev–Trinajstić information content (AvgIpc) is 2.91. The van der Waals surface area contributed by atoms with Crippen LogP contribution >= 0.6 is 15.9 Å². The number of rotatable bonds is 1. The van der Waals surface area contributed by atoms with E-state index in [9.17, 15) is 0 Å². The largest absolute Gasteiger partial charge is 0.454 e. The monoisotopic (exact) mass is 331 g/mol. The molecule has 2 heterocycles. The number of fused-ring (bicyclic) bond motifs is 2. The molecule has 4 rings (SSSR count). The molecule has 0 saturated heterocycles. The van der Waals surface area contributed by atoms with E-state index in [2.05, 4.69) is 51.6 Å². The number of hydrogen-bond donors (Lipinski definition) is 1. The summed E-state index contributed by atoms with van der Waals surface area (Å²) >= 11 is 3.55. The normalized spacial score (nSPS) is 19.8.